The molecule has 0 atom stereocenters. The molecule has 1 nitrogen and oxygen atoms in total. The van der Waals surface area contributed by atoms with E-state index < -0.39 is 5.54 Å². The van der Waals surface area contributed by atoms with Crippen molar-refractivity contribution in [1.29, 1.82) is 0 Å². The molecular weight excluding hydrogens is 254 g/mol. The predicted octanol–water partition coefficient (Wildman–Crippen LogP) is 3.74. The van der Waals surface area contributed by atoms with Gasteiger partial charge in [0.05, 0.1) is 5.54 Å². The van der Waals surface area contributed by atoms with Crippen LogP contribution in [-0.4, -0.2) is 0 Å². The van der Waals surface area contributed by atoms with E-state index in [0.717, 1.165) is 0 Å². The topological polar surface area (TPSA) is 26.0 Å². The number of benzene rings is 3. The van der Waals surface area contributed by atoms with E-state index in [1.165, 1.54) is 33.4 Å². The molecule has 2 N–H and O–H groups in total. The van der Waals surface area contributed by atoms with Crippen LogP contribution >= 0.6 is 0 Å². The second kappa shape index (κ2) is 3.63. The number of nitrogens with two attached hydrogens (primary N) is 1. The molecule has 0 saturated carbocycles. The summed E-state index contributed by atoms with van der Waals surface area (Å²) in [5.41, 5.74) is 14.2. The number of hydrogen-bond donors (Lipinski definition) is 1. The molecule has 100 valence electrons. The minimum absolute atomic E-state index is 0.295. The lowest BCUT2D eigenvalue weighted by Crippen LogP contribution is -2.45. The van der Waals surface area contributed by atoms with Gasteiger partial charge in [-0.1, -0.05) is 72.8 Å². The molecule has 0 fully saturated rings. The van der Waals surface area contributed by atoms with Crippen LogP contribution in [0.2, 0.25) is 0 Å². The molecule has 0 radical (unpaired) electrons. The Morgan fingerprint density at radius 3 is 1.76 bits per heavy atom. The van der Waals surface area contributed by atoms with E-state index in [1.807, 2.05) is 0 Å². The second-order valence-corrected chi connectivity index (χ2v) is 6.04. The van der Waals surface area contributed by atoms with Crippen molar-refractivity contribution in [2.75, 3.05) is 0 Å². The molecule has 1 heteroatoms. The fourth-order valence-electron chi connectivity index (χ4n) is 4.14. The van der Waals surface area contributed by atoms with Crippen molar-refractivity contribution in [3.63, 3.8) is 0 Å². The minimum Gasteiger partial charge on any atom is -0.314 e. The van der Waals surface area contributed by atoms with Crippen molar-refractivity contribution in [2.45, 2.75) is 11.5 Å². The average Bonchev–Trinajstić information content (AvgIpc) is 2.54. The van der Waals surface area contributed by atoms with Crippen LogP contribution in [0.4, 0.5) is 0 Å². The normalized spacial score (nSPS) is 24.1. The fraction of sp³-hybridized carbons (Fsp3) is 0.100. The summed E-state index contributed by atoms with van der Waals surface area (Å²) in [6, 6.07) is 26.1. The SMILES string of the molecule is NC12c3ccc(cc3)C(c3ccccc31)c1ccccc12. The van der Waals surface area contributed by atoms with Gasteiger partial charge in [-0.15, -0.1) is 0 Å². The Morgan fingerprint density at radius 1 is 0.667 bits per heavy atom. The van der Waals surface area contributed by atoms with Crippen LogP contribution in [0.5, 0.6) is 0 Å². The summed E-state index contributed by atoms with van der Waals surface area (Å²) >= 11 is 0. The van der Waals surface area contributed by atoms with E-state index in [2.05, 4.69) is 72.8 Å². The molecule has 5 aliphatic carbocycles. The van der Waals surface area contributed by atoms with Crippen molar-refractivity contribution in [2.24, 2.45) is 5.73 Å². The van der Waals surface area contributed by atoms with Crippen LogP contribution in [0.25, 0.3) is 0 Å². The predicted molar refractivity (Wildman–Crippen MR) is 84.3 cm³/mol. The molecule has 5 aliphatic rings. The van der Waals surface area contributed by atoms with Crippen LogP contribution in [0, 0.1) is 0 Å². The summed E-state index contributed by atoms with van der Waals surface area (Å²) in [6.45, 7) is 0. The summed E-state index contributed by atoms with van der Waals surface area (Å²) in [5, 5.41) is 0. The lowest BCUT2D eigenvalue weighted by Gasteiger charge is -2.44. The largest absolute Gasteiger partial charge is 0.314 e. The minimum atomic E-state index is -0.539. The molecule has 3 aromatic rings. The maximum Gasteiger partial charge on any atom is 0.0928 e. The van der Waals surface area contributed by atoms with Gasteiger partial charge < -0.3 is 5.73 Å². The average molecular weight is 269 g/mol. The van der Waals surface area contributed by atoms with Gasteiger partial charge in [0.1, 0.15) is 0 Å². The molecule has 0 amide bonds. The summed E-state index contributed by atoms with van der Waals surface area (Å²) in [7, 11) is 0. The Balaban J connectivity index is 2.04. The summed E-state index contributed by atoms with van der Waals surface area (Å²) in [5.74, 6) is 0.295. The van der Waals surface area contributed by atoms with Gasteiger partial charge in [-0.25, -0.2) is 0 Å². The Bertz CT molecular complexity index is 814. The Kier molecular flexibility index (Phi) is 1.95. The molecule has 0 aliphatic heterocycles. The van der Waals surface area contributed by atoms with Crippen LogP contribution in [-0.2, 0) is 5.54 Å². The first-order valence-electron chi connectivity index (χ1n) is 7.38. The molecule has 21 heavy (non-hydrogen) atoms. The molecule has 0 saturated heterocycles. The Morgan fingerprint density at radius 2 is 1.19 bits per heavy atom. The standard InChI is InChI=1S/C20H15N/c21-20-14-11-9-13(10-12-14)19(15-5-1-3-7-17(15)20)16-6-2-4-8-18(16)20/h1-12,19H,21H2. The molecule has 0 heterocycles. The van der Waals surface area contributed by atoms with Crippen molar-refractivity contribution in [3.8, 4) is 0 Å². The zero-order valence-corrected chi connectivity index (χ0v) is 11.6. The third-order valence-electron chi connectivity index (χ3n) is 5.09. The third-order valence-corrected chi connectivity index (χ3v) is 5.09. The maximum atomic E-state index is 7.02. The lowest BCUT2D eigenvalue weighted by atomic mass is 9.62. The number of hydrogen-bond acceptors (Lipinski definition) is 1. The van der Waals surface area contributed by atoms with Crippen molar-refractivity contribution in [1.82, 2.24) is 0 Å². The monoisotopic (exact) mass is 269 g/mol. The second-order valence-electron chi connectivity index (χ2n) is 6.04. The van der Waals surface area contributed by atoms with Gasteiger partial charge in [-0.3, -0.25) is 0 Å². The van der Waals surface area contributed by atoms with E-state index in [4.69, 9.17) is 5.73 Å². The van der Waals surface area contributed by atoms with Gasteiger partial charge in [0, 0.05) is 5.92 Å². The van der Waals surface area contributed by atoms with Crippen LogP contribution in [0.3, 0.4) is 0 Å². The first-order valence-corrected chi connectivity index (χ1v) is 7.38. The first-order chi connectivity index (χ1) is 10.3. The van der Waals surface area contributed by atoms with Gasteiger partial charge in [0.15, 0.2) is 0 Å². The lowest BCUT2D eigenvalue weighted by molar-refractivity contribution is 0.600. The van der Waals surface area contributed by atoms with E-state index in [9.17, 15) is 0 Å². The molecule has 4 bridgehead atoms. The van der Waals surface area contributed by atoms with E-state index in [0.29, 0.717) is 5.92 Å². The third kappa shape index (κ3) is 1.21. The summed E-state index contributed by atoms with van der Waals surface area (Å²) in [6.07, 6.45) is 0. The van der Waals surface area contributed by atoms with Gasteiger partial charge >= 0.3 is 0 Å². The van der Waals surface area contributed by atoms with Crippen molar-refractivity contribution in [3.05, 3.63) is 106 Å². The van der Waals surface area contributed by atoms with E-state index >= 15 is 0 Å². The summed E-state index contributed by atoms with van der Waals surface area (Å²) < 4.78 is 0. The first kappa shape index (κ1) is 11.3. The van der Waals surface area contributed by atoms with Gasteiger partial charge in [0.25, 0.3) is 0 Å². The highest BCUT2D eigenvalue weighted by Crippen LogP contribution is 2.51. The van der Waals surface area contributed by atoms with Crippen molar-refractivity contribution < 1.29 is 0 Å². The Labute approximate surface area is 124 Å². The molecule has 0 spiro atoms. The highest BCUT2D eigenvalue weighted by molar-refractivity contribution is 5.66. The van der Waals surface area contributed by atoms with Crippen LogP contribution in [0.15, 0.2) is 72.8 Å². The molecule has 8 rings (SSSR count). The van der Waals surface area contributed by atoms with Gasteiger partial charge in [0.2, 0.25) is 0 Å². The van der Waals surface area contributed by atoms with Gasteiger partial charge in [-0.05, 0) is 33.4 Å². The van der Waals surface area contributed by atoms with Gasteiger partial charge in [-0.2, -0.15) is 0 Å². The van der Waals surface area contributed by atoms with E-state index in [-0.39, 0.29) is 0 Å². The molecule has 0 aromatic heterocycles. The van der Waals surface area contributed by atoms with Crippen LogP contribution in [0.1, 0.15) is 39.3 Å². The molecular formula is C20H15N. The quantitative estimate of drug-likeness (QED) is 0.661. The highest BCUT2D eigenvalue weighted by atomic mass is 14.8. The molecule has 3 aromatic carbocycles. The molecule has 0 unspecified atom stereocenters. The summed E-state index contributed by atoms with van der Waals surface area (Å²) in [4.78, 5) is 0. The zero-order valence-electron chi connectivity index (χ0n) is 11.6. The smallest absolute Gasteiger partial charge is 0.0928 e. The fourth-order valence-corrected chi connectivity index (χ4v) is 4.14. The zero-order chi connectivity index (χ0) is 14.0. The number of rotatable bonds is 0. The van der Waals surface area contributed by atoms with Crippen molar-refractivity contribution >= 4 is 0 Å². The highest BCUT2D eigenvalue weighted by Gasteiger charge is 2.44. The van der Waals surface area contributed by atoms with Crippen LogP contribution < -0.4 is 5.73 Å². The Hall–Kier alpha value is -2.38. The van der Waals surface area contributed by atoms with E-state index in [1.54, 1.807) is 0 Å². The maximum absolute atomic E-state index is 7.02.